The SMILES string of the molecule is CCOc1ccc(S(=O)(=O)Nc2ccc(C(=O)NCC(c3cccs3)N3CCCC3)cc2)cc1. The van der Waals surface area contributed by atoms with Gasteiger partial charge >= 0.3 is 0 Å². The van der Waals surface area contributed by atoms with E-state index in [2.05, 4.69) is 26.4 Å². The summed E-state index contributed by atoms with van der Waals surface area (Å²) < 4.78 is 33.2. The lowest BCUT2D eigenvalue weighted by molar-refractivity contribution is 0.0938. The summed E-state index contributed by atoms with van der Waals surface area (Å²) >= 11 is 1.71. The van der Waals surface area contributed by atoms with Crippen molar-refractivity contribution in [3.8, 4) is 5.75 Å². The van der Waals surface area contributed by atoms with Crippen LogP contribution in [0.3, 0.4) is 0 Å². The first-order chi connectivity index (χ1) is 16.5. The van der Waals surface area contributed by atoms with Crippen molar-refractivity contribution in [2.24, 2.45) is 0 Å². The van der Waals surface area contributed by atoms with Crippen LogP contribution in [0.25, 0.3) is 0 Å². The largest absolute Gasteiger partial charge is 0.494 e. The number of carbonyl (C=O) groups excluding carboxylic acids is 1. The summed E-state index contributed by atoms with van der Waals surface area (Å²) in [5.74, 6) is 0.435. The maximum Gasteiger partial charge on any atom is 0.261 e. The van der Waals surface area contributed by atoms with Crippen LogP contribution in [0.1, 0.15) is 41.0 Å². The molecule has 0 spiro atoms. The Balaban J connectivity index is 1.37. The standard InChI is InChI=1S/C25H29N3O4S2/c1-2-32-21-11-13-22(14-12-21)34(30,31)27-20-9-7-19(8-10-20)25(29)26-18-23(24-6-5-17-33-24)28-15-3-4-16-28/h5-14,17,23,27H,2-4,15-16,18H2,1H3,(H,26,29). The highest BCUT2D eigenvalue weighted by atomic mass is 32.2. The number of sulfonamides is 1. The maximum atomic E-state index is 12.8. The smallest absolute Gasteiger partial charge is 0.261 e. The third-order valence-corrected chi connectivity index (χ3v) is 8.12. The Morgan fingerprint density at radius 1 is 1.06 bits per heavy atom. The van der Waals surface area contributed by atoms with Gasteiger partial charge in [0.2, 0.25) is 0 Å². The third-order valence-electron chi connectivity index (χ3n) is 5.75. The van der Waals surface area contributed by atoms with Gasteiger partial charge in [0, 0.05) is 22.7 Å². The van der Waals surface area contributed by atoms with Crippen molar-refractivity contribution in [1.82, 2.24) is 10.2 Å². The van der Waals surface area contributed by atoms with Crippen LogP contribution >= 0.6 is 11.3 Å². The number of hydrogen-bond donors (Lipinski definition) is 2. The molecule has 4 rings (SSSR count). The molecule has 1 aromatic heterocycles. The van der Waals surface area contributed by atoms with E-state index in [0.717, 1.165) is 13.1 Å². The van der Waals surface area contributed by atoms with E-state index in [9.17, 15) is 13.2 Å². The quantitative estimate of drug-likeness (QED) is 0.428. The normalized spacial score (nSPS) is 15.1. The molecule has 0 bridgehead atoms. The number of amides is 1. The van der Waals surface area contributed by atoms with Crippen molar-refractivity contribution >= 4 is 33.0 Å². The van der Waals surface area contributed by atoms with E-state index in [0.29, 0.717) is 30.2 Å². The fourth-order valence-corrected chi connectivity index (χ4v) is 5.94. The maximum absolute atomic E-state index is 12.8. The van der Waals surface area contributed by atoms with E-state index in [4.69, 9.17) is 4.74 Å². The van der Waals surface area contributed by atoms with Gasteiger partial charge in [0.25, 0.3) is 15.9 Å². The number of ether oxygens (including phenoxy) is 1. The second-order valence-electron chi connectivity index (χ2n) is 8.07. The number of likely N-dealkylation sites (tertiary alicyclic amines) is 1. The third kappa shape index (κ3) is 5.97. The van der Waals surface area contributed by atoms with Gasteiger partial charge in [0.1, 0.15) is 5.75 Å². The molecule has 0 radical (unpaired) electrons. The van der Waals surface area contributed by atoms with Gasteiger partial charge < -0.3 is 10.1 Å². The number of hydrogen-bond acceptors (Lipinski definition) is 6. The minimum Gasteiger partial charge on any atom is -0.494 e. The lowest BCUT2D eigenvalue weighted by Crippen LogP contribution is -2.36. The zero-order chi connectivity index (χ0) is 24.0. The fraction of sp³-hybridized carbons (Fsp3) is 0.320. The Labute approximate surface area is 204 Å². The molecule has 34 heavy (non-hydrogen) atoms. The minimum atomic E-state index is -3.74. The van der Waals surface area contributed by atoms with Crippen molar-refractivity contribution < 1.29 is 17.9 Å². The van der Waals surface area contributed by atoms with Crippen LogP contribution < -0.4 is 14.8 Å². The number of benzene rings is 2. The Hall–Kier alpha value is -2.88. The van der Waals surface area contributed by atoms with Crippen molar-refractivity contribution in [3.05, 3.63) is 76.5 Å². The van der Waals surface area contributed by atoms with Crippen LogP contribution in [-0.2, 0) is 10.0 Å². The van der Waals surface area contributed by atoms with Crippen LogP contribution in [0.4, 0.5) is 5.69 Å². The number of carbonyl (C=O) groups is 1. The van der Waals surface area contributed by atoms with Gasteiger partial charge in [-0.25, -0.2) is 8.42 Å². The van der Waals surface area contributed by atoms with E-state index in [1.807, 2.05) is 13.0 Å². The highest BCUT2D eigenvalue weighted by Gasteiger charge is 2.25. The monoisotopic (exact) mass is 499 g/mol. The first kappa shape index (κ1) is 24.3. The van der Waals surface area contributed by atoms with E-state index >= 15 is 0 Å². The molecule has 7 nitrogen and oxygen atoms in total. The molecule has 9 heteroatoms. The molecular weight excluding hydrogens is 470 g/mol. The summed E-state index contributed by atoms with van der Waals surface area (Å²) in [6.07, 6.45) is 2.37. The molecule has 0 aliphatic carbocycles. The average Bonchev–Trinajstić information content (AvgIpc) is 3.55. The van der Waals surface area contributed by atoms with Gasteiger partial charge in [-0.1, -0.05) is 6.07 Å². The Morgan fingerprint density at radius 3 is 2.38 bits per heavy atom. The lowest BCUT2D eigenvalue weighted by atomic mass is 10.1. The first-order valence-electron chi connectivity index (χ1n) is 11.4. The van der Waals surface area contributed by atoms with E-state index < -0.39 is 10.0 Å². The molecule has 1 atom stereocenters. The fourth-order valence-electron chi connectivity index (χ4n) is 4.02. The van der Waals surface area contributed by atoms with Crippen molar-refractivity contribution in [1.29, 1.82) is 0 Å². The first-order valence-corrected chi connectivity index (χ1v) is 13.7. The highest BCUT2D eigenvalue weighted by Crippen LogP contribution is 2.28. The highest BCUT2D eigenvalue weighted by molar-refractivity contribution is 7.92. The topological polar surface area (TPSA) is 87.7 Å². The zero-order valence-corrected chi connectivity index (χ0v) is 20.7. The van der Waals surface area contributed by atoms with Crippen LogP contribution in [0.5, 0.6) is 5.75 Å². The number of anilines is 1. The van der Waals surface area contributed by atoms with Crippen LogP contribution in [-0.4, -0.2) is 45.5 Å². The average molecular weight is 500 g/mol. The predicted molar refractivity (Wildman–Crippen MR) is 135 cm³/mol. The zero-order valence-electron chi connectivity index (χ0n) is 19.1. The van der Waals surface area contributed by atoms with Crippen molar-refractivity contribution in [3.63, 3.8) is 0 Å². The van der Waals surface area contributed by atoms with Gasteiger partial charge in [-0.2, -0.15) is 0 Å². The number of nitrogens with zero attached hydrogens (tertiary/aromatic N) is 1. The molecule has 0 saturated carbocycles. The molecule has 2 heterocycles. The number of nitrogens with one attached hydrogen (secondary N) is 2. The van der Waals surface area contributed by atoms with E-state index in [1.54, 1.807) is 47.7 Å². The van der Waals surface area contributed by atoms with E-state index in [-0.39, 0.29) is 16.8 Å². The minimum absolute atomic E-state index is 0.138. The van der Waals surface area contributed by atoms with Crippen LogP contribution in [0.15, 0.2) is 70.9 Å². The summed E-state index contributed by atoms with van der Waals surface area (Å²) in [6.45, 7) is 5.00. The summed E-state index contributed by atoms with van der Waals surface area (Å²) in [5.41, 5.74) is 0.870. The number of thiophene rings is 1. The molecule has 2 aromatic carbocycles. The summed E-state index contributed by atoms with van der Waals surface area (Å²) in [7, 11) is -3.74. The van der Waals surface area contributed by atoms with Crippen molar-refractivity contribution in [2.45, 2.75) is 30.7 Å². The molecule has 1 unspecified atom stereocenters. The molecule has 180 valence electrons. The predicted octanol–water partition coefficient (Wildman–Crippen LogP) is 4.51. The second kappa shape index (κ2) is 11.0. The Bertz CT molecular complexity index is 1170. The summed E-state index contributed by atoms with van der Waals surface area (Å²) in [5, 5.41) is 5.11. The van der Waals surface area contributed by atoms with Crippen molar-refractivity contribution in [2.75, 3.05) is 31.0 Å². The molecule has 2 N–H and O–H groups in total. The lowest BCUT2D eigenvalue weighted by Gasteiger charge is -2.27. The number of rotatable bonds is 10. The Morgan fingerprint density at radius 2 is 1.76 bits per heavy atom. The molecule has 1 aliphatic rings. The summed E-state index contributed by atoms with van der Waals surface area (Å²) in [4.78, 5) is 16.6. The van der Waals surface area contributed by atoms with Gasteiger partial charge in [0.15, 0.2) is 0 Å². The molecule has 1 amide bonds. The molecular formula is C25H29N3O4S2. The van der Waals surface area contributed by atoms with Gasteiger partial charge in [-0.05, 0) is 92.8 Å². The molecule has 3 aromatic rings. The van der Waals surface area contributed by atoms with Gasteiger partial charge in [0.05, 0.1) is 17.5 Å². The second-order valence-corrected chi connectivity index (χ2v) is 10.7. The van der Waals surface area contributed by atoms with Gasteiger partial charge in [-0.15, -0.1) is 11.3 Å². The molecule has 1 aliphatic heterocycles. The van der Waals surface area contributed by atoms with E-state index in [1.165, 1.54) is 29.9 Å². The molecule has 1 fully saturated rings. The summed E-state index contributed by atoms with van der Waals surface area (Å²) in [6, 6.07) is 17.0. The Kier molecular flexibility index (Phi) is 7.87. The molecule has 1 saturated heterocycles. The van der Waals surface area contributed by atoms with Crippen LogP contribution in [0.2, 0.25) is 0 Å². The van der Waals surface area contributed by atoms with Crippen LogP contribution in [0, 0.1) is 0 Å². The van der Waals surface area contributed by atoms with Gasteiger partial charge in [-0.3, -0.25) is 14.4 Å².